The van der Waals surface area contributed by atoms with Crippen LogP contribution in [-0.4, -0.2) is 36.9 Å². The first-order chi connectivity index (χ1) is 8.34. The van der Waals surface area contributed by atoms with Crippen LogP contribution >= 0.6 is 0 Å². The zero-order valence-corrected chi connectivity index (χ0v) is 12.4. The van der Waals surface area contributed by atoms with Gasteiger partial charge in [-0.15, -0.1) is 0 Å². The van der Waals surface area contributed by atoms with Crippen LogP contribution in [0.5, 0.6) is 0 Å². The molecule has 102 valence electrons. The number of hydrogen-bond donors (Lipinski definition) is 0. The van der Waals surface area contributed by atoms with Crippen LogP contribution in [-0.2, 0) is 4.84 Å². The summed E-state index contributed by atoms with van der Waals surface area (Å²) in [6.45, 7) is 11.2. The standard InChI is InChI=1S/C15H26N2O/c1-7-8-18-16-13-9-11-12(14(11,2)3)10-15(13,4)17(5)6/h7,11-12H,1,8-10H2,2-6H3/b16-13-/t11-,12+,15-/m1/s1. The molecule has 0 aromatic carbocycles. The number of hydrogen-bond acceptors (Lipinski definition) is 3. The second-order valence-electron chi connectivity index (χ2n) is 6.73. The summed E-state index contributed by atoms with van der Waals surface area (Å²) >= 11 is 0. The highest BCUT2D eigenvalue weighted by atomic mass is 16.6. The van der Waals surface area contributed by atoms with Crippen molar-refractivity contribution in [2.24, 2.45) is 22.4 Å². The van der Waals surface area contributed by atoms with Gasteiger partial charge in [0.15, 0.2) is 0 Å². The van der Waals surface area contributed by atoms with E-state index < -0.39 is 0 Å². The first-order valence-electron chi connectivity index (χ1n) is 6.81. The van der Waals surface area contributed by atoms with Gasteiger partial charge in [-0.25, -0.2) is 0 Å². The lowest BCUT2D eigenvalue weighted by atomic mass is 9.80. The van der Waals surface area contributed by atoms with E-state index >= 15 is 0 Å². The van der Waals surface area contributed by atoms with Gasteiger partial charge in [-0.05, 0) is 51.1 Å². The summed E-state index contributed by atoms with van der Waals surface area (Å²) in [5.74, 6) is 1.62. The zero-order chi connectivity index (χ0) is 13.6. The minimum atomic E-state index is 0.0378. The van der Waals surface area contributed by atoms with E-state index in [1.807, 2.05) is 0 Å². The molecule has 2 fully saturated rings. The van der Waals surface area contributed by atoms with Gasteiger partial charge in [0.25, 0.3) is 0 Å². The van der Waals surface area contributed by atoms with E-state index in [1.165, 1.54) is 12.1 Å². The summed E-state index contributed by atoms with van der Waals surface area (Å²) in [6, 6.07) is 0. The molecule has 2 aliphatic carbocycles. The predicted octanol–water partition coefficient (Wildman–Crippen LogP) is 2.93. The van der Waals surface area contributed by atoms with Gasteiger partial charge in [0.1, 0.15) is 6.61 Å². The minimum absolute atomic E-state index is 0.0378. The predicted molar refractivity (Wildman–Crippen MR) is 75.7 cm³/mol. The fourth-order valence-corrected chi connectivity index (χ4v) is 3.39. The summed E-state index contributed by atoms with van der Waals surface area (Å²) in [5, 5.41) is 4.39. The Morgan fingerprint density at radius 2 is 2.06 bits per heavy atom. The van der Waals surface area contributed by atoms with Crippen LogP contribution in [0.1, 0.15) is 33.6 Å². The molecule has 0 saturated heterocycles. The van der Waals surface area contributed by atoms with Crippen LogP contribution in [0.3, 0.4) is 0 Å². The Hall–Kier alpha value is -0.830. The topological polar surface area (TPSA) is 24.8 Å². The number of nitrogens with zero attached hydrogens (tertiary/aromatic N) is 2. The van der Waals surface area contributed by atoms with Crippen molar-refractivity contribution < 1.29 is 4.84 Å². The van der Waals surface area contributed by atoms with Gasteiger partial charge in [0.05, 0.1) is 11.3 Å². The van der Waals surface area contributed by atoms with Crippen molar-refractivity contribution in [2.45, 2.75) is 39.2 Å². The maximum absolute atomic E-state index is 5.35. The second kappa shape index (κ2) is 4.37. The average Bonchev–Trinajstić information content (AvgIpc) is 2.80. The monoisotopic (exact) mass is 250 g/mol. The van der Waals surface area contributed by atoms with Crippen molar-refractivity contribution in [3.8, 4) is 0 Å². The number of oxime groups is 1. The lowest BCUT2D eigenvalue weighted by Crippen LogP contribution is -2.51. The van der Waals surface area contributed by atoms with Gasteiger partial charge < -0.3 is 4.84 Å². The molecule has 18 heavy (non-hydrogen) atoms. The molecule has 0 unspecified atom stereocenters. The molecule has 3 atom stereocenters. The Balaban J connectivity index is 2.19. The average molecular weight is 250 g/mol. The van der Waals surface area contributed by atoms with Crippen molar-refractivity contribution in [3.05, 3.63) is 12.7 Å². The molecule has 0 bridgehead atoms. The Morgan fingerprint density at radius 1 is 1.39 bits per heavy atom. The van der Waals surface area contributed by atoms with Crippen LogP contribution in [0.2, 0.25) is 0 Å². The van der Waals surface area contributed by atoms with E-state index in [-0.39, 0.29) is 5.54 Å². The molecule has 3 nitrogen and oxygen atoms in total. The Morgan fingerprint density at radius 3 is 2.61 bits per heavy atom. The Bertz CT molecular complexity index is 373. The van der Waals surface area contributed by atoms with E-state index in [9.17, 15) is 0 Å². The largest absolute Gasteiger partial charge is 0.392 e. The van der Waals surface area contributed by atoms with Gasteiger partial charge in [-0.2, -0.15) is 0 Å². The maximum atomic E-state index is 5.35. The van der Waals surface area contributed by atoms with Crippen molar-refractivity contribution >= 4 is 5.71 Å². The second-order valence-corrected chi connectivity index (χ2v) is 6.73. The van der Waals surface area contributed by atoms with E-state index in [0.717, 1.165) is 18.3 Å². The van der Waals surface area contributed by atoms with E-state index in [2.05, 4.69) is 51.5 Å². The van der Waals surface area contributed by atoms with E-state index in [0.29, 0.717) is 12.0 Å². The van der Waals surface area contributed by atoms with Gasteiger partial charge in [0.2, 0.25) is 0 Å². The quantitative estimate of drug-likeness (QED) is 0.435. The summed E-state index contributed by atoms with van der Waals surface area (Å²) in [4.78, 5) is 7.63. The van der Waals surface area contributed by atoms with E-state index in [4.69, 9.17) is 4.84 Å². The molecule has 0 N–H and O–H groups in total. The first-order valence-corrected chi connectivity index (χ1v) is 6.81. The van der Waals surface area contributed by atoms with Crippen molar-refractivity contribution in [1.29, 1.82) is 0 Å². The van der Waals surface area contributed by atoms with Crippen molar-refractivity contribution in [2.75, 3.05) is 20.7 Å². The molecule has 2 aliphatic rings. The first kappa shape index (κ1) is 13.6. The summed E-state index contributed by atoms with van der Waals surface area (Å²) in [5.41, 5.74) is 1.71. The fourth-order valence-electron chi connectivity index (χ4n) is 3.39. The van der Waals surface area contributed by atoms with Gasteiger partial charge in [-0.1, -0.05) is 31.7 Å². The molecular formula is C15H26N2O. The van der Waals surface area contributed by atoms with Crippen LogP contribution in [0, 0.1) is 17.3 Å². The van der Waals surface area contributed by atoms with Gasteiger partial charge in [-0.3, -0.25) is 4.90 Å². The summed E-state index contributed by atoms with van der Waals surface area (Å²) < 4.78 is 0. The van der Waals surface area contributed by atoms with Crippen molar-refractivity contribution in [1.82, 2.24) is 4.90 Å². The lowest BCUT2D eigenvalue weighted by Gasteiger charge is -2.40. The molecule has 3 heteroatoms. The highest BCUT2D eigenvalue weighted by Crippen LogP contribution is 2.66. The van der Waals surface area contributed by atoms with Gasteiger partial charge in [0, 0.05) is 0 Å². The minimum Gasteiger partial charge on any atom is -0.392 e. The normalized spacial score (nSPS) is 39.6. The highest BCUT2D eigenvalue weighted by molar-refractivity contribution is 5.94. The smallest absolute Gasteiger partial charge is 0.135 e. The van der Waals surface area contributed by atoms with Gasteiger partial charge >= 0.3 is 0 Å². The van der Waals surface area contributed by atoms with Crippen molar-refractivity contribution in [3.63, 3.8) is 0 Å². The van der Waals surface area contributed by atoms with Crippen LogP contribution in [0.25, 0.3) is 0 Å². The molecule has 2 rings (SSSR count). The van der Waals surface area contributed by atoms with Crippen LogP contribution in [0.4, 0.5) is 0 Å². The third-order valence-electron chi connectivity index (χ3n) is 5.29. The SMILES string of the molecule is C=CCO/N=C1/C[C@@H]2[C@H](C[C@@]1(C)N(C)C)C2(C)C. The third kappa shape index (κ3) is 1.99. The lowest BCUT2D eigenvalue weighted by molar-refractivity contribution is 0.153. The molecule has 0 amide bonds. The molecule has 0 heterocycles. The molecule has 0 aliphatic heterocycles. The van der Waals surface area contributed by atoms with Crippen LogP contribution < -0.4 is 0 Å². The number of rotatable bonds is 4. The maximum Gasteiger partial charge on any atom is 0.135 e. The molecule has 0 spiro atoms. The van der Waals surface area contributed by atoms with Crippen LogP contribution in [0.15, 0.2) is 17.8 Å². The Labute approximate surface area is 111 Å². The fraction of sp³-hybridized carbons (Fsp3) is 0.800. The molecule has 0 aromatic rings. The molecular weight excluding hydrogens is 224 g/mol. The molecule has 2 saturated carbocycles. The summed E-state index contributed by atoms with van der Waals surface area (Å²) in [7, 11) is 4.28. The molecule has 0 aromatic heterocycles. The van der Waals surface area contributed by atoms with E-state index in [1.54, 1.807) is 6.08 Å². The Kier molecular flexibility index (Phi) is 3.30. The third-order valence-corrected chi connectivity index (χ3v) is 5.29. The summed E-state index contributed by atoms with van der Waals surface area (Å²) in [6.07, 6.45) is 4.00. The number of fused-ring (bicyclic) bond motifs is 1. The highest BCUT2D eigenvalue weighted by Gasteiger charge is 2.63. The zero-order valence-electron chi connectivity index (χ0n) is 12.4. The molecule has 0 radical (unpaired) electrons.